The minimum Gasteiger partial charge on any atom is -0.480 e. The van der Waals surface area contributed by atoms with E-state index in [0.717, 1.165) is 4.31 Å². The number of nitrogens with zero attached hydrogens (tertiary/aromatic N) is 2. The molecule has 0 aliphatic heterocycles. The van der Waals surface area contributed by atoms with Crippen LogP contribution in [0.25, 0.3) is 10.9 Å². The number of carbonyl (C=O) groups is 1. The zero-order chi connectivity index (χ0) is 15.8. The molecule has 0 spiro atoms. The summed E-state index contributed by atoms with van der Waals surface area (Å²) in [7, 11) is -0.545. The first kappa shape index (κ1) is 15.5. The van der Waals surface area contributed by atoms with Crippen LogP contribution in [0.15, 0.2) is 35.4 Å². The highest BCUT2D eigenvalue weighted by molar-refractivity contribution is 7.89. The summed E-state index contributed by atoms with van der Waals surface area (Å²) in [6.45, 7) is 1.80. The van der Waals surface area contributed by atoms with Gasteiger partial charge >= 0.3 is 5.97 Å². The Balaban J connectivity index is 2.57. The summed E-state index contributed by atoms with van der Waals surface area (Å²) in [5.74, 6) is -0.903. The average molecular weight is 310 g/mol. The van der Waals surface area contributed by atoms with Crippen molar-refractivity contribution in [1.29, 1.82) is 0 Å². The van der Waals surface area contributed by atoms with Crippen molar-refractivity contribution in [3.05, 3.63) is 30.5 Å². The molecule has 0 radical (unpaired) electrons. The minimum absolute atomic E-state index is 0.195. The molecule has 0 aliphatic rings. The predicted octanol–water partition coefficient (Wildman–Crippen LogP) is 1.93. The summed E-state index contributed by atoms with van der Waals surface area (Å²) in [4.78, 5) is 11.5. The number of benzene rings is 1. The van der Waals surface area contributed by atoms with Crippen LogP contribution in [-0.2, 0) is 14.8 Å². The average Bonchev–Trinajstić information content (AvgIpc) is 2.82. The Morgan fingerprint density at radius 1 is 1.33 bits per heavy atom. The van der Waals surface area contributed by atoms with E-state index in [1.807, 2.05) is 0 Å². The van der Waals surface area contributed by atoms with Crippen LogP contribution in [-0.4, -0.2) is 42.5 Å². The second-order valence-electron chi connectivity index (χ2n) is 4.99. The molecule has 7 heteroatoms. The second kappa shape index (κ2) is 5.50. The lowest BCUT2D eigenvalue weighted by molar-refractivity contribution is -0.140. The largest absolute Gasteiger partial charge is 0.480 e. The van der Waals surface area contributed by atoms with E-state index in [-0.39, 0.29) is 4.90 Å². The topological polar surface area (TPSA) is 79.6 Å². The molecule has 0 bridgehead atoms. The fraction of sp³-hybridized carbons (Fsp3) is 0.357. The van der Waals surface area contributed by atoms with Gasteiger partial charge in [-0.25, -0.2) is 17.5 Å². The van der Waals surface area contributed by atoms with Crippen molar-refractivity contribution in [3.8, 4) is 0 Å². The molecule has 1 heterocycles. The lowest BCUT2D eigenvalue weighted by Crippen LogP contribution is -2.22. The van der Waals surface area contributed by atoms with Crippen molar-refractivity contribution in [2.45, 2.75) is 24.3 Å². The quantitative estimate of drug-likeness (QED) is 0.915. The summed E-state index contributed by atoms with van der Waals surface area (Å²) in [6.07, 6.45) is 2.13. The first-order chi connectivity index (χ1) is 9.78. The Morgan fingerprint density at radius 3 is 2.52 bits per heavy atom. The number of sulfonamides is 1. The van der Waals surface area contributed by atoms with Crippen molar-refractivity contribution >= 4 is 26.9 Å². The molecule has 1 unspecified atom stereocenters. The van der Waals surface area contributed by atoms with E-state index in [1.165, 1.54) is 20.2 Å². The Bertz CT molecular complexity index is 777. The van der Waals surface area contributed by atoms with Crippen molar-refractivity contribution in [2.24, 2.45) is 0 Å². The van der Waals surface area contributed by atoms with E-state index < -0.39 is 22.0 Å². The van der Waals surface area contributed by atoms with Gasteiger partial charge in [0.2, 0.25) is 10.0 Å². The zero-order valence-electron chi connectivity index (χ0n) is 12.1. The molecule has 2 aromatic rings. The monoisotopic (exact) mass is 310 g/mol. The summed E-state index contributed by atoms with van der Waals surface area (Å²) in [6, 6.07) is 5.80. The molecule has 0 amide bonds. The second-order valence-corrected chi connectivity index (χ2v) is 7.15. The lowest BCUT2D eigenvalue weighted by Gasteiger charge is -2.14. The van der Waals surface area contributed by atoms with Gasteiger partial charge in [0.15, 0.2) is 0 Å². The zero-order valence-corrected chi connectivity index (χ0v) is 13.0. The lowest BCUT2D eigenvalue weighted by atomic mass is 10.2. The van der Waals surface area contributed by atoms with Crippen LogP contribution in [0.3, 0.4) is 0 Å². The molecule has 114 valence electrons. The number of carboxylic acids is 1. The number of fused-ring (bicyclic) bond motifs is 1. The van der Waals surface area contributed by atoms with Crippen LogP contribution in [0.5, 0.6) is 0 Å². The molecular weight excluding hydrogens is 292 g/mol. The van der Waals surface area contributed by atoms with Gasteiger partial charge in [-0.2, -0.15) is 0 Å². The molecule has 1 N–H and O–H groups in total. The van der Waals surface area contributed by atoms with Crippen LogP contribution < -0.4 is 0 Å². The third-order valence-corrected chi connectivity index (χ3v) is 5.29. The number of aromatic nitrogens is 1. The first-order valence-corrected chi connectivity index (χ1v) is 7.99. The van der Waals surface area contributed by atoms with Gasteiger partial charge in [-0.3, -0.25) is 0 Å². The maximum absolute atomic E-state index is 12.1. The van der Waals surface area contributed by atoms with Gasteiger partial charge in [-0.1, -0.05) is 6.92 Å². The van der Waals surface area contributed by atoms with Gasteiger partial charge in [-0.05, 0) is 30.7 Å². The van der Waals surface area contributed by atoms with Crippen LogP contribution >= 0.6 is 0 Å². The molecule has 0 saturated carbocycles. The van der Waals surface area contributed by atoms with E-state index in [4.69, 9.17) is 0 Å². The molecule has 0 saturated heterocycles. The van der Waals surface area contributed by atoms with Gasteiger partial charge in [0.1, 0.15) is 6.04 Å². The fourth-order valence-corrected chi connectivity index (χ4v) is 3.21. The van der Waals surface area contributed by atoms with E-state index in [0.29, 0.717) is 17.3 Å². The first-order valence-electron chi connectivity index (χ1n) is 6.55. The smallest absolute Gasteiger partial charge is 0.326 e. The van der Waals surface area contributed by atoms with E-state index in [1.54, 1.807) is 35.9 Å². The van der Waals surface area contributed by atoms with Gasteiger partial charge in [0, 0.05) is 31.2 Å². The van der Waals surface area contributed by atoms with Crippen LogP contribution in [0.1, 0.15) is 19.4 Å². The summed E-state index contributed by atoms with van der Waals surface area (Å²) < 4.78 is 27.0. The summed E-state index contributed by atoms with van der Waals surface area (Å²) >= 11 is 0. The fourth-order valence-electron chi connectivity index (χ4n) is 2.28. The molecule has 0 fully saturated rings. The Hall–Kier alpha value is -1.86. The van der Waals surface area contributed by atoms with E-state index in [2.05, 4.69) is 0 Å². The maximum atomic E-state index is 12.1. The summed E-state index contributed by atoms with van der Waals surface area (Å²) in [5.41, 5.74) is 0.710. The standard InChI is InChI=1S/C14H18N2O4S/c1-4-12(14(17)18)16-8-7-10-9-11(5-6-13(10)16)21(19,20)15(2)3/h5-9,12H,4H2,1-3H3,(H,17,18). The number of rotatable bonds is 5. The molecule has 21 heavy (non-hydrogen) atoms. The summed E-state index contributed by atoms with van der Waals surface area (Å²) in [5, 5.41) is 9.94. The predicted molar refractivity (Wildman–Crippen MR) is 79.8 cm³/mol. The third kappa shape index (κ3) is 2.66. The molecule has 1 aromatic carbocycles. The Morgan fingerprint density at radius 2 is 2.00 bits per heavy atom. The molecule has 6 nitrogen and oxygen atoms in total. The maximum Gasteiger partial charge on any atom is 0.326 e. The highest BCUT2D eigenvalue weighted by atomic mass is 32.2. The van der Waals surface area contributed by atoms with Crippen LogP contribution in [0.4, 0.5) is 0 Å². The van der Waals surface area contributed by atoms with Gasteiger partial charge < -0.3 is 9.67 Å². The third-order valence-electron chi connectivity index (χ3n) is 3.48. The van der Waals surface area contributed by atoms with Gasteiger partial charge in [0.05, 0.1) is 4.90 Å². The SMILES string of the molecule is CCC(C(=O)O)n1ccc2cc(S(=O)(=O)N(C)C)ccc21. The molecule has 2 rings (SSSR count). The van der Waals surface area contributed by atoms with Crippen molar-refractivity contribution < 1.29 is 18.3 Å². The highest BCUT2D eigenvalue weighted by Crippen LogP contribution is 2.25. The van der Waals surface area contributed by atoms with Crippen molar-refractivity contribution in [3.63, 3.8) is 0 Å². The number of carboxylic acid groups (broad SMARTS) is 1. The van der Waals surface area contributed by atoms with Gasteiger partial charge in [0.25, 0.3) is 0 Å². The van der Waals surface area contributed by atoms with Crippen LogP contribution in [0.2, 0.25) is 0 Å². The van der Waals surface area contributed by atoms with Crippen molar-refractivity contribution in [1.82, 2.24) is 8.87 Å². The number of hydrogen-bond donors (Lipinski definition) is 1. The highest BCUT2D eigenvalue weighted by Gasteiger charge is 2.21. The molecular formula is C14H18N2O4S. The van der Waals surface area contributed by atoms with Gasteiger partial charge in [-0.15, -0.1) is 0 Å². The Kier molecular flexibility index (Phi) is 4.06. The number of aliphatic carboxylic acids is 1. The van der Waals surface area contributed by atoms with E-state index in [9.17, 15) is 18.3 Å². The van der Waals surface area contributed by atoms with E-state index >= 15 is 0 Å². The van der Waals surface area contributed by atoms with Crippen LogP contribution in [0, 0.1) is 0 Å². The number of hydrogen-bond acceptors (Lipinski definition) is 3. The molecule has 1 atom stereocenters. The molecule has 1 aromatic heterocycles. The van der Waals surface area contributed by atoms with Crippen molar-refractivity contribution in [2.75, 3.05) is 14.1 Å². The molecule has 0 aliphatic carbocycles. The Labute approximate surface area is 123 Å². The normalized spacial score (nSPS) is 13.7. The minimum atomic E-state index is -3.49.